The zero-order chi connectivity index (χ0) is 22.5. The molecular weight excluding hydrogens is 430 g/mol. The van der Waals surface area contributed by atoms with Crippen LogP contribution >= 0.6 is 0 Å². The molecule has 0 aliphatic heterocycles. The van der Waals surface area contributed by atoms with E-state index in [4.69, 9.17) is 0 Å². The minimum atomic E-state index is -4.11. The van der Waals surface area contributed by atoms with E-state index >= 15 is 0 Å². The third-order valence-electron chi connectivity index (χ3n) is 7.17. The first-order chi connectivity index (χ1) is 15.2. The molecule has 0 saturated heterocycles. The Morgan fingerprint density at radius 2 is 1.59 bits per heavy atom. The summed E-state index contributed by atoms with van der Waals surface area (Å²) in [5.41, 5.74) is -0.114. The third-order valence-corrected chi connectivity index (χ3v) is 8.53. The first kappa shape index (κ1) is 20.9. The van der Waals surface area contributed by atoms with Crippen LogP contribution in [0.4, 0.5) is 11.4 Å². The molecule has 0 aromatic heterocycles. The lowest BCUT2D eigenvalue weighted by atomic mass is 9.53. The van der Waals surface area contributed by atoms with Gasteiger partial charge in [0.2, 0.25) is 0 Å². The van der Waals surface area contributed by atoms with Gasteiger partial charge in [0.05, 0.1) is 21.1 Å². The van der Waals surface area contributed by atoms with E-state index in [0.717, 1.165) is 25.3 Å². The van der Waals surface area contributed by atoms with Gasteiger partial charge in [-0.3, -0.25) is 19.6 Å². The Labute approximate surface area is 186 Å². The standard InChI is InChI=1S/C23H25N3O5S/c27-22(24-23-12-15-8-16(13-23)10-17(9-15)14-23)20-6-1-2-7-21(20)25-32(30,31)19-5-3-4-18(11-19)26(28)29/h1-7,11,15-17,25H,8-10,12-14H2,(H,24,27). The summed E-state index contributed by atoms with van der Waals surface area (Å²) in [6.07, 6.45) is 6.75. The number of nitro groups is 1. The van der Waals surface area contributed by atoms with Gasteiger partial charge in [-0.1, -0.05) is 18.2 Å². The van der Waals surface area contributed by atoms with Crippen molar-refractivity contribution in [2.75, 3.05) is 4.72 Å². The normalized spacial score (nSPS) is 28.3. The van der Waals surface area contributed by atoms with E-state index in [-0.39, 0.29) is 33.3 Å². The Hall–Kier alpha value is -2.94. The fraction of sp³-hybridized carbons (Fsp3) is 0.435. The Morgan fingerprint density at radius 1 is 0.969 bits per heavy atom. The molecule has 2 N–H and O–H groups in total. The third kappa shape index (κ3) is 3.85. The number of carbonyl (C=O) groups is 1. The zero-order valence-electron chi connectivity index (χ0n) is 17.5. The number of nitrogens with zero attached hydrogens (tertiary/aromatic N) is 1. The largest absolute Gasteiger partial charge is 0.347 e. The molecule has 4 aliphatic carbocycles. The molecule has 6 rings (SSSR count). The number of non-ortho nitro benzene ring substituents is 1. The Bertz CT molecular complexity index is 1160. The van der Waals surface area contributed by atoms with Crippen molar-refractivity contribution in [3.8, 4) is 0 Å². The second-order valence-corrected chi connectivity index (χ2v) is 11.2. The fourth-order valence-corrected chi connectivity index (χ4v) is 7.43. The molecule has 4 fully saturated rings. The number of nitro benzene ring substituents is 1. The van der Waals surface area contributed by atoms with Crippen LogP contribution in [0.1, 0.15) is 48.9 Å². The highest BCUT2D eigenvalue weighted by Gasteiger charge is 2.51. The molecule has 32 heavy (non-hydrogen) atoms. The van der Waals surface area contributed by atoms with Crippen molar-refractivity contribution in [1.82, 2.24) is 5.32 Å². The predicted molar refractivity (Wildman–Crippen MR) is 119 cm³/mol. The number of anilines is 1. The molecule has 0 radical (unpaired) electrons. The Kier molecular flexibility index (Phi) is 4.96. The smallest absolute Gasteiger partial charge is 0.270 e. The molecule has 0 heterocycles. The number of sulfonamides is 1. The first-order valence-corrected chi connectivity index (χ1v) is 12.4. The summed E-state index contributed by atoms with van der Waals surface area (Å²) < 4.78 is 28.2. The number of benzene rings is 2. The van der Waals surface area contributed by atoms with Gasteiger partial charge in [-0.05, 0) is 74.5 Å². The van der Waals surface area contributed by atoms with Crippen molar-refractivity contribution in [2.45, 2.75) is 49.0 Å². The average molecular weight is 456 g/mol. The van der Waals surface area contributed by atoms with Gasteiger partial charge in [0, 0.05) is 17.7 Å². The van der Waals surface area contributed by atoms with Gasteiger partial charge in [-0.15, -0.1) is 0 Å². The van der Waals surface area contributed by atoms with Crippen LogP contribution in [-0.4, -0.2) is 24.8 Å². The number of hydrogen-bond donors (Lipinski definition) is 2. The zero-order valence-corrected chi connectivity index (χ0v) is 18.3. The van der Waals surface area contributed by atoms with Crippen LogP contribution in [-0.2, 0) is 10.0 Å². The number of hydrogen-bond acceptors (Lipinski definition) is 5. The van der Waals surface area contributed by atoms with Crippen molar-refractivity contribution in [3.05, 3.63) is 64.2 Å². The highest BCUT2D eigenvalue weighted by molar-refractivity contribution is 7.92. The second kappa shape index (κ2) is 7.58. The van der Waals surface area contributed by atoms with Gasteiger partial charge < -0.3 is 5.32 Å². The van der Waals surface area contributed by atoms with E-state index < -0.39 is 14.9 Å². The van der Waals surface area contributed by atoms with Gasteiger partial charge in [-0.25, -0.2) is 8.42 Å². The highest BCUT2D eigenvalue weighted by Crippen LogP contribution is 2.55. The predicted octanol–water partition coefficient (Wildman–Crippen LogP) is 4.09. The van der Waals surface area contributed by atoms with Gasteiger partial charge in [0.25, 0.3) is 21.6 Å². The number of para-hydroxylation sites is 1. The summed E-state index contributed by atoms with van der Waals surface area (Å²) in [6.45, 7) is 0. The van der Waals surface area contributed by atoms with Crippen LogP contribution < -0.4 is 10.0 Å². The van der Waals surface area contributed by atoms with Crippen molar-refractivity contribution in [2.24, 2.45) is 17.8 Å². The summed E-state index contributed by atoms with van der Waals surface area (Å²) in [4.78, 5) is 23.4. The molecule has 0 spiro atoms. The van der Waals surface area contributed by atoms with E-state index in [1.54, 1.807) is 18.2 Å². The van der Waals surface area contributed by atoms with Crippen LogP contribution in [0.5, 0.6) is 0 Å². The monoisotopic (exact) mass is 455 g/mol. The topological polar surface area (TPSA) is 118 Å². The molecule has 168 valence electrons. The van der Waals surface area contributed by atoms with Crippen LogP contribution in [0.3, 0.4) is 0 Å². The quantitative estimate of drug-likeness (QED) is 0.502. The van der Waals surface area contributed by atoms with E-state index in [9.17, 15) is 23.3 Å². The van der Waals surface area contributed by atoms with E-state index in [2.05, 4.69) is 10.0 Å². The van der Waals surface area contributed by atoms with Crippen LogP contribution in [0.25, 0.3) is 0 Å². The van der Waals surface area contributed by atoms with Gasteiger partial charge >= 0.3 is 0 Å². The molecule has 2 aromatic rings. The first-order valence-electron chi connectivity index (χ1n) is 10.9. The number of nitrogens with one attached hydrogen (secondary N) is 2. The van der Waals surface area contributed by atoms with E-state index in [1.165, 1.54) is 43.5 Å². The molecule has 4 bridgehead atoms. The summed E-state index contributed by atoms with van der Waals surface area (Å²) in [5, 5.41) is 14.3. The van der Waals surface area contributed by atoms with Crippen molar-refractivity contribution >= 4 is 27.3 Å². The van der Waals surface area contributed by atoms with E-state index in [0.29, 0.717) is 17.8 Å². The summed E-state index contributed by atoms with van der Waals surface area (Å²) in [5.74, 6) is 1.72. The molecule has 9 heteroatoms. The van der Waals surface area contributed by atoms with Crippen molar-refractivity contribution < 1.29 is 18.1 Å². The molecule has 4 aliphatic rings. The minimum Gasteiger partial charge on any atom is -0.347 e. The van der Waals surface area contributed by atoms with Crippen molar-refractivity contribution in [3.63, 3.8) is 0 Å². The lowest BCUT2D eigenvalue weighted by molar-refractivity contribution is -0.385. The molecule has 2 aromatic carbocycles. The molecular formula is C23H25N3O5S. The number of carbonyl (C=O) groups excluding carboxylic acids is 1. The fourth-order valence-electron chi connectivity index (χ4n) is 6.31. The molecule has 0 unspecified atom stereocenters. The molecule has 1 amide bonds. The molecule has 8 nitrogen and oxygen atoms in total. The van der Waals surface area contributed by atoms with Gasteiger partial charge in [-0.2, -0.15) is 0 Å². The maximum Gasteiger partial charge on any atom is 0.270 e. The van der Waals surface area contributed by atoms with Crippen molar-refractivity contribution in [1.29, 1.82) is 0 Å². The summed E-state index contributed by atoms with van der Waals surface area (Å²) >= 11 is 0. The summed E-state index contributed by atoms with van der Waals surface area (Å²) in [6, 6.07) is 11.3. The average Bonchev–Trinajstić information content (AvgIpc) is 2.72. The Morgan fingerprint density at radius 3 is 2.22 bits per heavy atom. The second-order valence-electron chi connectivity index (χ2n) is 9.56. The molecule has 4 saturated carbocycles. The van der Waals surface area contributed by atoms with Crippen LogP contribution in [0, 0.1) is 27.9 Å². The lowest BCUT2D eigenvalue weighted by Crippen LogP contribution is -2.59. The van der Waals surface area contributed by atoms with Crippen LogP contribution in [0.15, 0.2) is 53.4 Å². The van der Waals surface area contributed by atoms with Gasteiger partial charge in [0.15, 0.2) is 0 Å². The summed E-state index contributed by atoms with van der Waals surface area (Å²) in [7, 11) is -4.11. The highest BCUT2D eigenvalue weighted by atomic mass is 32.2. The molecule has 0 atom stereocenters. The maximum atomic E-state index is 13.3. The Balaban J connectivity index is 1.39. The van der Waals surface area contributed by atoms with E-state index in [1.807, 2.05) is 0 Å². The number of rotatable bonds is 6. The minimum absolute atomic E-state index is 0.154. The van der Waals surface area contributed by atoms with Gasteiger partial charge in [0.1, 0.15) is 0 Å². The lowest BCUT2D eigenvalue weighted by Gasteiger charge is -2.56. The van der Waals surface area contributed by atoms with Crippen LogP contribution in [0.2, 0.25) is 0 Å². The maximum absolute atomic E-state index is 13.3. The number of amides is 1. The SMILES string of the molecule is O=C(NC12CC3CC(CC(C3)C1)C2)c1ccccc1NS(=O)(=O)c1cccc([N+](=O)[O-])c1.